The fraction of sp³-hybridized carbons (Fsp3) is 0.182. The number of carbonyl (C=O) groups excluding carboxylic acids is 2. The van der Waals surface area contributed by atoms with Crippen molar-refractivity contribution in [1.29, 1.82) is 0 Å². The molecule has 1 unspecified atom stereocenters. The van der Waals surface area contributed by atoms with Crippen molar-refractivity contribution < 1.29 is 14.0 Å². The molecule has 0 bridgehead atoms. The zero-order chi connectivity index (χ0) is 22.0. The maximum atomic E-state index is 13.5. The van der Waals surface area contributed by atoms with Crippen molar-refractivity contribution in [2.24, 2.45) is 10.8 Å². The molecular formula is C22H20FN5O2S. The predicted molar refractivity (Wildman–Crippen MR) is 118 cm³/mol. The zero-order valence-corrected chi connectivity index (χ0v) is 17.6. The molecule has 0 saturated heterocycles. The van der Waals surface area contributed by atoms with Crippen LogP contribution in [-0.2, 0) is 16.1 Å². The van der Waals surface area contributed by atoms with E-state index in [0.717, 1.165) is 5.01 Å². The third-order valence-corrected chi connectivity index (χ3v) is 5.70. The molecule has 0 spiro atoms. The number of anilines is 2. The Labute approximate surface area is 182 Å². The molecule has 2 N–H and O–H groups in total. The Morgan fingerprint density at radius 3 is 2.52 bits per heavy atom. The molecule has 0 saturated carbocycles. The van der Waals surface area contributed by atoms with E-state index in [-0.39, 0.29) is 24.6 Å². The third-order valence-electron chi connectivity index (χ3n) is 4.88. The standard InChI is InChI=1S/C22H20FN5O2S/c1-14-25-16(13-31-14)12-27(17-9-7-15(23)8-10-17)22(30)19-11-20(21(24)29)28(26-19)18-5-3-2-4-6-18/h2-10,13,20H,11-12H2,1H3,(H2,24,29). The number of primary amides is 1. The van der Waals surface area contributed by atoms with Gasteiger partial charge in [0.2, 0.25) is 5.91 Å². The van der Waals surface area contributed by atoms with Gasteiger partial charge in [-0.25, -0.2) is 9.37 Å². The summed E-state index contributed by atoms with van der Waals surface area (Å²) in [7, 11) is 0. The Balaban J connectivity index is 1.68. The largest absolute Gasteiger partial charge is 0.368 e. The molecule has 1 aliphatic heterocycles. The van der Waals surface area contributed by atoms with E-state index in [1.54, 1.807) is 12.1 Å². The lowest BCUT2D eigenvalue weighted by molar-refractivity contribution is -0.119. The first-order valence-corrected chi connectivity index (χ1v) is 10.5. The summed E-state index contributed by atoms with van der Waals surface area (Å²) in [5, 5.41) is 8.67. The van der Waals surface area contributed by atoms with Crippen LogP contribution in [0.4, 0.5) is 15.8 Å². The maximum Gasteiger partial charge on any atom is 0.274 e. The van der Waals surface area contributed by atoms with Gasteiger partial charge in [0, 0.05) is 17.5 Å². The van der Waals surface area contributed by atoms with Gasteiger partial charge in [-0.15, -0.1) is 11.3 Å². The number of hydrogen-bond acceptors (Lipinski definition) is 6. The average Bonchev–Trinajstić information content (AvgIpc) is 3.39. The van der Waals surface area contributed by atoms with Crippen LogP contribution in [0, 0.1) is 12.7 Å². The van der Waals surface area contributed by atoms with E-state index in [0.29, 0.717) is 17.1 Å². The lowest BCUT2D eigenvalue weighted by Gasteiger charge is -2.22. The summed E-state index contributed by atoms with van der Waals surface area (Å²) in [6.07, 6.45) is 0.0802. The molecule has 1 atom stereocenters. The minimum Gasteiger partial charge on any atom is -0.368 e. The van der Waals surface area contributed by atoms with Gasteiger partial charge in [-0.05, 0) is 43.3 Å². The second-order valence-electron chi connectivity index (χ2n) is 7.07. The van der Waals surface area contributed by atoms with Gasteiger partial charge < -0.3 is 10.6 Å². The van der Waals surface area contributed by atoms with Crippen molar-refractivity contribution in [1.82, 2.24) is 4.98 Å². The summed E-state index contributed by atoms with van der Waals surface area (Å²) in [6.45, 7) is 2.08. The van der Waals surface area contributed by atoms with E-state index < -0.39 is 17.8 Å². The van der Waals surface area contributed by atoms with Crippen LogP contribution in [0.2, 0.25) is 0 Å². The van der Waals surface area contributed by atoms with Gasteiger partial charge in [0.05, 0.1) is 22.9 Å². The zero-order valence-electron chi connectivity index (χ0n) is 16.7. The minimum atomic E-state index is -0.766. The van der Waals surface area contributed by atoms with E-state index in [1.807, 2.05) is 30.5 Å². The van der Waals surface area contributed by atoms with Crippen LogP contribution in [0.15, 0.2) is 65.1 Å². The van der Waals surface area contributed by atoms with Crippen molar-refractivity contribution in [2.75, 3.05) is 9.91 Å². The molecule has 9 heteroatoms. The Morgan fingerprint density at radius 1 is 1.19 bits per heavy atom. The van der Waals surface area contributed by atoms with Crippen molar-refractivity contribution in [2.45, 2.75) is 25.9 Å². The average molecular weight is 438 g/mol. The van der Waals surface area contributed by atoms with Crippen LogP contribution >= 0.6 is 11.3 Å². The molecule has 0 aliphatic carbocycles. The fourth-order valence-electron chi connectivity index (χ4n) is 3.38. The molecule has 4 rings (SSSR count). The number of thiazole rings is 1. The van der Waals surface area contributed by atoms with Crippen molar-refractivity contribution in [3.05, 3.63) is 76.5 Å². The summed E-state index contributed by atoms with van der Waals surface area (Å²) in [6, 6.07) is 14.0. The number of halogens is 1. The number of aryl methyl sites for hydroxylation is 1. The molecule has 2 heterocycles. The van der Waals surface area contributed by atoms with E-state index in [9.17, 15) is 14.0 Å². The number of carbonyl (C=O) groups is 2. The molecule has 0 radical (unpaired) electrons. The Bertz CT molecular complexity index is 1130. The van der Waals surface area contributed by atoms with Gasteiger partial charge in [0.25, 0.3) is 5.91 Å². The monoisotopic (exact) mass is 437 g/mol. The molecule has 0 fully saturated rings. The number of aromatic nitrogens is 1. The molecule has 1 aliphatic rings. The number of benzene rings is 2. The van der Waals surface area contributed by atoms with Crippen LogP contribution in [-0.4, -0.2) is 28.6 Å². The number of nitrogens with two attached hydrogens (primary N) is 1. The molecule has 2 aromatic carbocycles. The van der Waals surface area contributed by atoms with Gasteiger partial charge in [0.15, 0.2) is 0 Å². The number of nitrogens with zero attached hydrogens (tertiary/aromatic N) is 4. The molecule has 3 aromatic rings. The van der Waals surface area contributed by atoms with Crippen molar-refractivity contribution in [3.63, 3.8) is 0 Å². The normalized spacial score (nSPS) is 15.6. The second-order valence-corrected chi connectivity index (χ2v) is 8.14. The summed E-state index contributed by atoms with van der Waals surface area (Å²) < 4.78 is 13.5. The number of amides is 2. The lowest BCUT2D eigenvalue weighted by Crippen LogP contribution is -2.40. The molecular weight excluding hydrogens is 417 g/mol. The number of rotatable bonds is 6. The van der Waals surface area contributed by atoms with Crippen LogP contribution < -0.4 is 15.6 Å². The lowest BCUT2D eigenvalue weighted by atomic mass is 10.1. The first-order valence-electron chi connectivity index (χ1n) is 9.62. The third kappa shape index (κ3) is 4.46. The number of hydrazone groups is 1. The predicted octanol–water partition coefficient (Wildman–Crippen LogP) is 3.24. The van der Waals surface area contributed by atoms with Gasteiger partial charge in [-0.3, -0.25) is 14.6 Å². The van der Waals surface area contributed by atoms with Crippen LogP contribution in [0.25, 0.3) is 0 Å². The summed E-state index contributed by atoms with van der Waals surface area (Å²) in [4.78, 5) is 31.5. The van der Waals surface area contributed by atoms with Gasteiger partial charge in [0.1, 0.15) is 17.6 Å². The molecule has 31 heavy (non-hydrogen) atoms. The van der Waals surface area contributed by atoms with Gasteiger partial charge >= 0.3 is 0 Å². The van der Waals surface area contributed by atoms with Gasteiger partial charge in [-0.2, -0.15) is 5.10 Å². The van der Waals surface area contributed by atoms with E-state index in [2.05, 4.69) is 10.1 Å². The quantitative estimate of drug-likeness (QED) is 0.641. The van der Waals surface area contributed by atoms with Crippen molar-refractivity contribution in [3.8, 4) is 0 Å². The topological polar surface area (TPSA) is 91.9 Å². The minimum absolute atomic E-state index is 0.0802. The van der Waals surface area contributed by atoms with Crippen molar-refractivity contribution >= 4 is 40.2 Å². The summed E-state index contributed by atoms with van der Waals surface area (Å²) >= 11 is 1.48. The Kier molecular flexibility index (Phi) is 5.77. The van der Waals surface area contributed by atoms with Crippen LogP contribution in [0.3, 0.4) is 0 Å². The summed E-state index contributed by atoms with van der Waals surface area (Å²) in [5.74, 6) is -1.36. The van der Waals surface area contributed by atoms with E-state index in [4.69, 9.17) is 5.73 Å². The van der Waals surface area contributed by atoms with E-state index >= 15 is 0 Å². The fourth-order valence-corrected chi connectivity index (χ4v) is 3.98. The highest BCUT2D eigenvalue weighted by atomic mass is 32.1. The summed E-state index contributed by atoms with van der Waals surface area (Å²) in [5.41, 5.74) is 7.67. The highest BCUT2D eigenvalue weighted by molar-refractivity contribution is 7.09. The second kappa shape index (κ2) is 8.65. The Hall–Kier alpha value is -3.59. The number of para-hydroxylation sites is 1. The first kappa shape index (κ1) is 20.7. The molecule has 2 amide bonds. The maximum absolute atomic E-state index is 13.5. The molecule has 158 valence electrons. The highest BCUT2D eigenvalue weighted by Crippen LogP contribution is 2.27. The molecule has 7 nitrogen and oxygen atoms in total. The highest BCUT2D eigenvalue weighted by Gasteiger charge is 2.37. The number of hydrogen-bond donors (Lipinski definition) is 1. The Morgan fingerprint density at radius 2 is 1.90 bits per heavy atom. The first-order chi connectivity index (χ1) is 14.9. The van der Waals surface area contributed by atoms with Crippen LogP contribution in [0.5, 0.6) is 0 Å². The van der Waals surface area contributed by atoms with Crippen LogP contribution in [0.1, 0.15) is 17.1 Å². The molecule has 1 aromatic heterocycles. The SMILES string of the molecule is Cc1nc(CN(C(=O)C2=NN(c3ccccc3)C(C(N)=O)C2)c2ccc(F)cc2)cs1. The smallest absolute Gasteiger partial charge is 0.274 e. The van der Waals surface area contributed by atoms with E-state index in [1.165, 1.54) is 45.5 Å². The van der Waals surface area contributed by atoms with Gasteiger partial charge in [-0.1, -0.05) is 18.2 Å².